The molecule has 1 aromatic rings. The number of hydrogen-bond acceptors (Lipinski definition) is 4. The lowest BCUT2D eigenvalue weighted by Crippen LogP contribution is -2.19. The van der Waals surface area contributed by atoms with Gasteiger partial charge < -0.3 is 9.47 Å². The van der Waals surface area contributed by atoms with E-state index in [9.17, 15) is 22.8 Å². The van der Waals surface area contributed by atoms with E-state index in [0.29, 0.717) is 17.6 Å². The van der Waals surface area contributed by atoms with E-state index in [1.54, 1.807) is 0 Å². The third-order valence-electron chi connectivity index (χ3n) is 3.89. The lowest BCUT2D eigenvalue weighted by atomic mass is 9.95. The zero-order valence-electron chi connectivity index (χ0n) is 16.1. The Bertz CT molecular complexity index is 691. The van der Waals surface area contributed by atoms with Crippen LogP contribution in [-0.4, -0.2) is 31.8 Å². The summed E-state index contributed by atoms with van der Waals surface area (Å²) in [4.78, 5) is 23.9. The molecule has 4 nitrogen and oxygen atoms in total. The maximum Gasteiger partial charge on any atom is 0.422 e. The number of ether oxygens (including phenoxy) is 2. The molecule has 1 aromatic carbocycles. The SMILES string of the molecule is CCCCCC(/C=C/C(=O)OCC(F)(F)F)=C(/Cc1ccccc1)C(=O)OC. The van der Waals surface area contributed by atoms with Gasteiger partial charge in [0.15, 0.2) is 6.61 Å². The van der Waals surface area contributed by atoms with E-state index < -0.39 is 24.7 Å². The zero-order valence-corrected chi connectivity index (χ0v) is 16.1. The van der Waals surface area contributed by atoms with Crippen molar-refractivity contribution in [1.82, 2.24) is 0 Å². The number of esters is 2. The molecule has 1 rings (SSSR count). The van der Waals surface area contributed by atoms with Gasteiger partial charge in [0.05, 0.1) is 7.11 Å². The summed E-state index contributed by atoms with van der Waals surface area (Å²) in [6.07, 6.45) is 1.10. The van der Waals surface area contributed by atoms with Crippen LogP contribution in [0.3, 0.4) is 0 Å². The normalized spacial score (nSPS) is 12.6. The second-order valence-corrected chi connectivity index (χ2v) is 6.17. The molecule has 0 fully saturated rings. The molecule has 0 saturated heterocycles. The number of unbranched alkanes of at least 4 members (excludes halogenated alkanes) is 2. The maximum atomic E-state index is 12.3. The molecule has 7 heteroatoms. The monoisotopic (exact) mass is 398 g/mol. The van der Waals surface area contributed by atoms with Gasteiger partial charge in [-0.2, -0.15) is 13.2 Å². The molecule has 0 aromatic heterocycles. The topological polar surface area (TPSA) is 52.6 Å². The molecule has 0 radical (unpaired) electrons. The smallest absolute Gasteiger partial charge is 0.422 e. The van der Waals surface area contributed by atoms with Crippen molar-refractivity contribution in [3.05, 3.63) is 59.2 Å². The number of rotatable bonds is 10. The Hall–Kier alpha value is -2.57. The van der Waals surface area contributed by atoms with Crippen molar-refractivity contribution in [3.8, 4) is 0 Å². The lowest BCUT2D eigenvalue weighted by molar-refractivity contribution is -0.182. The number of carbonyl (C=O) groups excluding carboxylic acids is 2. The summed E-state index contributed by atoms with van der Waals surface area (Å²) in [5, 5.41) is 0. The van der Waals surface area contributed by atoms with Gasteiger partial charge in [0.1, 0.15) is 0 Å². The highest BCUT2D eigenvalue weighted by atomic mass is 19.4. The van der Waals surface area contributed by atoms with E-state index in [1.807, 2.05) is 37.3 Å². The van der Waals surface area contributed by atoms with Crippen LogP contribution in [0.4, 0.5) is 13.2 Å². The summed E-state index contributed by atoms with van der Waals surface area (Å²) in [7, 11) is 1.26. The van der Waals surface area contributed by atoms with E-state index in [4.69, 9.17) is 4.74 Å². The minimum atomic E-state index is -4.59. The number of hydrogen-bond donors (Lipinski definition) is 0. The predicted molar refractivity (Wildman–Crippen MR) is 99.5 cm³/mol. The average Bonchev–Trinajstić information content (AvgIpc) is 2.67. The Morgan fingerprint density at radius 3 is 2.32 bits per heavy atom. The van der Waals surface area contributed by atoms with Crippen molar-refractivity contribution in [2.24, 2.45) is 0 Å². The Kier molecular flexibility index (Phi) is 10.1. The van der Waals surface area contributed by atoms with Crippen molar-refractivity contribution in [2.75, 3.05) is 13.7 Å². The number of carbonyl (C=O) groups is 2. The van der Waals surface area contributed by atoms with Crippen LogP contribution < -0.4 is 0 Å². The summed E-state index contributed by atoms with van der Waals surface area (Å²) in [5.41, 5.74) is 1.79. The van der Waals surface area contributed by atoms with Gasteiger partial charge >= 0.3 is 18.1 Å². The lowest BCUT2D eigenvalue weighted by Gasteiger charge is -2.12. The molecule has 0 amide bonds. The van der Waals surface area contributed by atoms with Gasteiger partial charge in [-0.05, 0) is 24.0 Å². The highest BCUT2D eigenvalue weighted by Gasteiger charge is 2.29. The van der Waals surface area contributed by atoms with Gasteiger partial charge in [-0.25, -0.2) is 9.59 Å². The molecule has 28 heavy (non-hydrogen) atoms. The summed E-state index contributed by atoms with van der Waals surface area (Å²) in [6.45, 7) is 0.373. The molecule has 0 heterocycles. The molecule has 0 spiro atoms. The first-order valence-electron chi connectivity index (χ1n) is 9.02. The zero-order chi connectivity index (χ0) is 21.0. The number of methoxy groups -OCH3 is 1. The molecule has 0 bridgehead atoms. The Morgan fingerprint density at radius 2 is 1.75 bits per heavy atom. The van der Waals surface area contributed by atoms with Crippen LogP contribution in [0, 0.1) is 0 Å². The minimum Gasteiger partial charge on any atom is -0.466 e. The van der Waals surface area contributed by atoms with Crippen molar-refractivity contribution in [3.63, 3.8) is 0 Å². The van der Waals surface area contributed by atoms with Crippen LogP contribution in [0.2, 0.25) is 0 Å². The molecule has 0 saturated carbocycles. The summed E-state index contributed by atoms with van der Waals surface area (Å²) < 4.78 is 45.6. The van der Waals surface area contributed by atoms with Crippen LogP contribution in [0.15, 0.2) is 53.6 Å². The largest absolute Gasteiger partial charge is 0.466 e. The maximum absolute atomic E-state index is 12.3. The van der Waals surface area contributed by atoms with Gasteiger partial charge in [0, 0.05) is 18.1 Å². The predicted octanol–water partition coefficient (Wildman–Crippen LogP) is 4.94. The van der Waals surface area contributed by atoms with Gasteiger partial charge in [-0.15, -0.1) is 0 Å². The first-order valence-corrected chi connectivity index (χ1v) is 9.02. The fourth-order valence-electron chi connectivity index (χ4n) is 2.51. The van der Waals surface area contributed by atoms with Gasteiger partial charge in [-0.3, -0.25) is 0 Å². The van der Waals surface area contributed by atoms with Gasteiger partial charge in [0.25, 0.3) is 0 Å². The molecule has 0 aliphatic carbocycles. The molecular weight excluding hydrogens is 373 g/mol. The van der Waals surface area contributed by atoms with Crippen molar-refractivity contribution in [2.45, 2.75) is 45.2 Å². The molecular formula is C21H25F3O4. The third kappa shape index (κ3) is 9.39. The summed E-state index contributed by atoms with van der Waals surface area (Å²) in [6, 6.07) is 9.24. The van der Waals surface area contributed by atoms with Crippen LogP contribution in [0.25, 0.3) is 0 Å². The van der Waals surface area contributed by atoms with Gasteiger partial charge in [0.2, 0.25) is 0 Å². The quantitative estimate of drug-likeness (QED) is 0.242. The van der Waals surface area contributed by atoms with Crippen LogP contribution in [0.5, 0.6) is 0 Å². The molecule has 0 atom stereocenters. The molecule has 0 unspecified atom stereocenters. The van der Waals surface area contributed by atoms with Crippen molar-refractivity contribution < 1.29 is 32.2 Å². The highest BCUT2D eigenvalue weighted by molar-refractivity contribution is 5.91. The van der Waals surface area contributed by atoms with Crippen LogP contribution >= 0.6 is 0 Å². The second kappa shape index (κ2) is 12.0. The molecule has 0 N–H and O–H groups in total. The van der Waals surface area contributed by atoms with E-state index >= 15 is 0 Å². The van der Waals surface area contributed by atoms with E-state index in [0.717, 1.165) is 30.9 Å². The second-order valence-electron chi connectivity index (χ2n) is 6.17. The van der Waals surface area contributed by atoms with Gasteiger partial charge in [-0.1, -0.05) is 56.2 Å². The Balaban J connectivity index is 3.10. The molecule has 0 aliphatic heterocycles. The van der Waals surface area contributed by atoms with Crippen LogP contribution in [0.1, 0.15) is 38.2 Å². The summed E-state index contributed by atoms with van der Waals surface area (Å²) >= 11 is 0. The Labute approximate surface area is 163 Å². The van der Waals surface area contributed by atoms with Crippen molar-refractivity contribution >= 4 is 11.9 Å². The number of benzene rings is 1. The summed E-state index contributed by atoms with van der Waals surface area (Å²) in [5.74, 6) is -1.65. The average molecular weight is 398 g/mol. The van der Waals surface area contributed by atoms with E-state index in [1.165, 1.54) is 13.2 Å². The van der Waals surface area contributed by atoms with Crippen LogP contribution in [-0.2, 0) is 25.5 Å². The standard InChI is InChI=1S/C21H25F3O4/c1-3-4-6-11-17(12-13-19(25)28-15-21(22,23)24)18(20(26)27-2)14-16-9-7-5-8-10-16/h5,7-10,12-13H,3-4,6,11,14-15H2,1-2H3/b13-12+,18-17+. The molecule has 154 valence electrons. The first-order chi connectivity index (χ1) is 13.3. The van der Waals surface area contributed by atoms with E-state index in [2.05, 4.69) is 4.74 Å². The van der Waals surface area contributed by atoms with E-state index in [-0.39, 0.29) is 6.42 Å². The van der Waals surface area contributed by atoms with Crippen molar-refractivity contribution in [1.29, 1.82) is 0 Å². The molecule has 0 aliphatic rings. The fraction of sp³-hybridized carbons (Fsp3) is 0.429. The number of allylic oxidation sites excluding steroid dienone is 2. The number of halogens is 3. The highest BCUT2D eigenvalue weighted by Crippen LogP contribution is 2.21. The first kappa shape index (κ1) is 23.5. The number of alkyl halides is 3. The Morgan fingerprint density at radius 1 is 1.07 bits per heavy atom. The fourth-order valence-corrected chi connectivity index (χ4v) is 2.51. The minimum absolute atomic E-state index is 0.289. The third-order valence-corrected chi connectivity index (χ3v) is 3.89.